The van der Waals surface area contributed by atoms with E-state index in [4.69, 9.17) is 4.74 Å². The number of rotatable bonds is 3. The minimum atomic E-state index is -0.0240. The first-order chi connectivity index (χ1) is 8.72. The Morgan fingerprint density at radius 2 is 2.17 bits per heavy atom. The molecule has 1 aromatic carbocycles. The van der Waals surface area contributed by atoms with Gasteiger partial charge in [0.15, 0.2) is 11.0 Å². The van der Waals surface area contributed by atoms with Crippen molar-refractivity contribution in [3.05, 3.63) is 35.7 Å². The molecule has 2 aromatic rings. The van der Waals surface area contributed by atoms with Crippen LogP contribution >= 0.6 is 11.8 Å². The third-order valence-corrected chi connectivity index (χ3v) is 3.48. The second kappa shape index (κ2) is 4.45. The van der Waals surface area contributed by atoms with Crippen LogP contribution in [0.3, 0.4) is 0 Å². The second-order valence-corrected chi connectivity index (χ2v) is 4.95. The summed E-state index contributed by atoms with van der Waals surface area (Å²) in [6.45, 7) is 2.30. The van der Waals surface area contributed by atoms with Crippen LogP contribution in [0.5, 0.6) is 5.75 Å². The number of nitrogens with zero attached hydrogens (tertiary/aromatic N) is 3. The highest BCUT2D eigenvalue weighted by Crippen LogP contribution is 2.23. The number of carbonyl (C=O) groups is 1. The average Bonchev–Trinajstić information content (AvgIpc) is 2.91. The fourth-order valence-corrected chi connectivity index (χ4v) is 2.43. The quantitative estimate of drug-likeness (QED) is 0.844. The zero-order chi connectivity index (χ0) is 12.5. The molecular weight excluding hydrogens is 250 g/mol. The molecule has 0 saturated heterocycles. The summed E-state index contributed by atoms with van der Waals surface area (Å²) < 4.78 is 6.91. The van der Waals surface area contributed by atoms with Crippen molar-refractivity contribution in [1.82, 2.24) is 14.8 Å². The lowest BCUT2D eigenvalue weighted by Crippen LogP contribution is -2.09. The first-order valence-corrected chi connectivity index (χ1v) is 6.52. The molecular formula is C12H11N3O2S. The lowest BCUT2D eigenvalue weighted by atomic mass is 10.2. The molecule has 6 heteroatoms. The maximum absolute atomic E-state index is 11.4. The predicted molar refractivity (Wildman–Crippen MR) is 66.9 cm³/mol. The minimum absolute atomic E-state index is 0.0240. The molecule has 0 aliphatic carbocycles. The van der Waals surface area contributed by atoms with E-state index in [1.807, 2.05) is 31.2 Å². The highest BCUT2D eigenvalue weighted by atomic mass is 32.2. The van der Waals surface area contributed by atoms with Gasteiger partial charge in [0.1, 0.15) is 12.4 Å². The molecule has 1 aliphatic rings. The number of aromatic nitrogens is 3. The Labute approximate surface area is 108 Å². The summed E-state index contributed by atoms with van der Waals surface area (Å²) in [5.41, 5.74) is 1.18. The number of ether oxygens (including phenoxy) is 1. The lowest BCUT2D eigenvalue weighted by Gasteiger charge is -2.03. The van der Waals surface area contributed by atoms with E-state index in [1.165, 1.54) is 22.0 Å². The Bertz CT molecular complexity index is 592. The van der Waals surface area contributed by atoms with Crippen LogP contribution in [0.1, 0.15) is 16.2 Å². The number of aryl methyl sites for hydroxylation is 1. The van der Waals surface area contributed by atoms with Crippen molar-refractivity contribution in [2.45, 2.75) is 18.7 Å². The highest BCUT2D eigenvalue weighted by molar-refractivity contribution is 8.00. The largest absolute Gasteiger partial charge is 0.486 e. The zero-order valence-corrected chi connectivity index (χ0v) is 10.6. The number of benzene rings is 1. The summed E-state index contributed by atoms with van der Waals surface area (Å²) in [4.78, 5) is 15.6. The molecule has 0 spiro atoms. The van der Waals surface area contributed by atoms with Gasteiger partial charge in [0.2, 0.25) is 0 Å². The summed E-state index contributed by atoms with van der Waals surface area (Å²) in [6, 6.07) is 7.77. The Kier molecular flexibility index (Phi) is 2.79. The van der Waals surface area contributed by atoms with Crippen molar-refractivity contribution < 1.29 is 9.53 Å². The molecule has 18 heavy (non-hydrogen) atoms. The third kappa shape index (κ3) is 2.11. The summed E-state index contributed by atoms with van der Waals surface area (Å²) in [5, 5.41) is 4.77. The van der Waals surface area contributed by atoms with Gasteiger partial charge in [-0.1, -0.05) is 29.5 Å². The lowest BCUT2D eigenvalue weighted by molar-refractivity contribution is 0.0922. The topological polar surface area (TPSA) is 57.0 Å². The summed E-state index contributed by atoms with van der Waals surface area (Å²) >= 11 is 1.40. The molecule has 5 nitrogen and oxygen atoms in total. The number of hydrogen-bond donors (Lipinski definition) is 0. The molecule has 0 bridgehead atoms. The second-order valence-electron chi connectivity index (χ2n) is 4.01. The van der Waals surface area contributed by atoms with Gasteiger partial charge in [0.05, 0.1) is 5.75 Å². The Hall–Kier alpha value is -1.82. The van der Waals surface area contributed by atoms with Gasteiger partial charge in [0.25, 0.3) is 5.91 Å². The minimum Gasteiger partial charge on any atom is -0.486 e. The van der Waals surface area contributed by atoms with Crippen molar-refractivity contribution in [1.29, 1.82) is 0 Å². The summed E-state index contributed by atoms with van der Waals surface area (Å²) in [7, 11) is 0. The SMILES string of the molecule is Cc1ccc(OCc2nc3n(n2)C(=O)CS3)cc1. The van der Waals surface area contributed by atoms with Crippen LogP contribution in [-0.4, -0.2) is 26.4 Å². The van der Waals surface area contributed by atoms with Crippen molar-refractivity contribution in [3.8, 4) is 5.75 Å². The van der Waals surface area contributed by atoms with Crippen molar-refractivity contribution in [2.24, 2.45) is 0 Å². The van der Waals surface area contributed by atoms with E-state index in [2.05, 4.69) is 10.1 Å². The van der Waals surface area contributed by atoms with Crippen LogP contribution in [0.4, 0.5) is 0 Å². The van der Waals surface area contributed by atoms with E-state index in [-0.39, 0.29) is 12.5 Å². The van der Waals surface area contributed by atoms with Crippen LogP contribution in [0.15, 0.2) is 29.4 Å². The first-order valence-electron chi connectivity index (χ1n) is 5.54. The number of hydrogen-bond acceptors (Lipinski definition) is 5. The Morgan fingerprint density at radius 3 is 2.89 bits per heavy atom. The fraction of sp³-hybridized carbons (Fsp3) is 0.250. The van der Waals surface area contributed by atoms with Gasteiger partial charge in [-0.25, -0.2) is 4.98 Å². The maximum Gasteiger partial charge on any atom is 0.259 e. The van der Waals surface area contributed by atoms with Gasteiger partial charge in [0, 0.05) is 0 Å². The molecule has 0 radical (unpaired) electrons. The molecule has 0 fully saturated rings. The van der Waals surface area contributed by atoms with Crippen molar-refractivity contribution in [2.75, 3.05) is 5.75 Å². The Morgan fingerprint density at radius 1 is 1.39 bits per heavy atom. The van der Waals surface area contributed by atoms with Crippen LogP contribution in [0.25, 0.3) is 0 Å². The monoisotopic (exact) mass is 261 g/mol. The third-order valence-electron chi connectivity index (χ3n) is 2.57. The Balaban J connectivity index is 1.69. The van der Waals surface area contributed by atoms with Gasteiger partial charge in [-0.05, 0) is 19.1 Å². The van der Waals surface area contributed by atoms with Gasteiger partial charge in [-0.2, -0.15) is 4.68 Å². The number of fused-ring (bicyclic) bond motifs is 1. The predicted octanol–water partition coefficient (Wildman–Crippen LogP) is 1.91. The molecule has 0 atom stereocenters. The van der Waals surface area contributed by atoms with E-state index >= 15 is 0 Å². The van der Waals surface area contributed by atoms with E-state index in [9.17, 15) is 4.79 Å². The zero-order valence-electron chi connectivity index (χ0n) is 9.79. The molecule has 0 amide bonds. The van der Waals surface area contributed by atoms with Crippen LogP contribution in [-0.2, 0) is 6.61 Å². The average molecular weight is 261 g/mol. The fourth-order valence-electron chi connectivity index (χ4n) is 1.63. The van der Waals surface area contributed by atoms with Crippen molar-refractivity contribution >= 4 is 17.7 Å². The molecule has 3 rings (SSSR count). The number of thioether (sulfide) groups is 1. The summed E-state index contributed by atoms with van der Waals surface area (Å²) in [5.74, 6) is 1.71. The van der Waals surface area contributed by atoms with Gasteiger partial charge in [-0.3, -0.25) is 4.79 Å². The first kappa shape index (κ1) is 11.3. The number of carbonyl (C=O) groups excluding carboxylic acids is 1. The molecule has 2 heterocycles. The van der Waals surface area contributed by atoms with E-state index in [0.717, 1.165) is 5.75 Å². The van der Waals surface area contributed by atoms with Gasteiger partial charge in [-0.15, -0.1) is 5.10 Å². The standard InChI is InChI=1S/C12H11N3O2S/c1-8-2-4-9(5-3-8)17-6-10-13-12-15(14-10)11(16)7-18-12/h2-5H,6-7H2,1H3. The van der Waals surface area contributed by atoms with Crippen LogP contribution < -0.4 is 4.74 Å². The highest BCUT2D eigenvalue weighted by Gasteiger charge is 2.23. The van der Waals surface area contributed by atoms with Gasteiger partial charge < -0.3 is 4.74 Å². The molecule has 1 aromatic heterocycles. The molecule has 1 aliphatic heterocycles. The molecule has 92 valence electrons. The van der Waals surface area contributed by atoms with Crippen molar-refractivity contribution in [3.63, 3.8) is 0 Å². The van der Waals surface area contributed by atoms with E-state index < -0.39 is 0 Å². The summed E-state index contributed by atoms with van der Waals surface area (Å²) in [6.07, 6.45) is 0. The van der Waals surface area contributed by atoms with Crippen LogP contribution in [0, 0.1) is 6.92 Å². The normalized spacial score (nSPS) is 13.7. The van der Waals surface area contributed by atoms with E-state index in [0.29, 0.717) is 16.7 Å². The maximum atomic E-state index is 11.4. The van der Waals surface area contributed by atoms with Gasteiger partial charge >= 0.3 is 0 Å². The molecule has 0 N–H and O–H groups in total. The molecule has 0 saturated carbocycles. The molecule has 0 unspecified atom stereocenters. The smallest absolute Gasteiger partial charge is 0.259 e. The van der Waals surface area contributed by atoms with Crippen LogP contribution in [0.2, 0.25) is 0 Å². The van der Waals surface area contributed by atoms with E-state index in [1.54, 1.807) is 0 Å².